The third-order valence-corrected chi connectivity index (χ3v) is 4.03. The molecule has 0 aliphatic rings. The number of nitrogens with one attached hydrogen (secondary N) is 2. The Kier molecular flexibility index (Phi) is 9.68. The van der Waals surface area contributed by atoms with Crippen molar-refractivity contribution in [3.8, 4) is 12.3 Å². The third-order valence-electron chi connectivity index (χ3n) is 3.66. The first kappa shape index (κ1) is 22.8. The molecule has 5 nitrogen and oxygen atoms in total. The average Bonchev–Trinajstić information content (AvgIpc) is 2.64. The molecule has 7 heteroatoms. The number of guanidine groups is 1. The van der Waals surface area contributed by atoms with Crippen LogP contribution in [0.15, 0.2) is 53.5 Å². The molecule has 0 fully saturated rings. The molecule has 0 aliphatic heterocycles. The highest BCUT2D eigenvalue weighted by molar-refractivity contribution is 14.0. The van der Waals surface area contributed by atoms with Crippen LogP contribution in [-0.2, 0) is 11.3 Å². The van der Waals surface area contributed by atoms with E-state index in [2.05, 4.69) is 21.5 Å². The summed E-state index contributed by atoms with van der Waals surface area (Å²) < 4.78 is 0. The van der Waals surface area contributed by atoms with E-state index >= 15 is 0 Å². The fraction of sp³-hybridized carbons (Fsp3) is 0.200. The number of hydrogen-bond acceptors (Lipinski definition) is 2. The van der Waals surface area contributed by atoms with E-state index < -0.39 is 0 Å². The number of nitrogens with zero attached hydrogens (tertiary/aromatic N) is 2. The minimum atomic E-state index is -0.188. The minimum absolute atomic E-state index is 0. The summed E-state index contributed by atoms with van der Waals surface area (Å²) in [4.78, 5) is 18.2. The van der Waals surface area contributed by atoms with Crippen molar-refractivity contribution in [2.45, 2.75) is 6.54 Å². The highest BCUT2D eigenvalue weighted by atomic mass is 127. The predicted octanol–water partition coefficient (Wildman–Crippen LogP) is 3.59. The molecule has 2 rings (SSSR count). The highest BCUT2D eigenvalue weighted by Gasteiger charge is 2.10. The molecule has 2 N–H and O–H groups in total. The lowest BCUT2D eigenvalue weighted by atomic mass is 10.2. The fourth-order valence-corrected chi connectivity index (χ4v) is 2.59. The molecular weight excluding hydrogens is 475 g/mol. The number of anilines is 1. The molecule has 0 bridgehead atoms. The van der Waals surface area contributed by atoms with Crippen molar-refractivity contribution in [3.63, 3.8) is 0 Å². The van der Waals surface area contributed by atoms with Crippen LogP contribution in [-0.4, -0.2) is 37.4 Å². The molecule has 2 aromatic rings. The van der Waals surface area contributed by atoms with Crippen LogP contribution in [0.4, 0.5) is 5.69 Å². The number of halogens is 2. The summed E-state index contributed by atoms with van der Waals surface area (Å²) in [6, 6.07) is 14.8. The number of carbonyl (C=O) groups excluding carboxylic acids is 1. The summed E-state index contributed by atoms with van der Waals surface area (Å²) in [6.07, 6.45) is 5.37. The van der Waals surface area contributed by atoms with E-state index in [0.717, 1.165) is 5.56 Å². The van der Waals surface area contributed by atoms with Crippen molar-refractivity contribution >= 4 is 53.1 Å². The summed E-state index contributed by atoms with van der Waals surface area (Å²) in [5.41, 5.74) is 2.35. The van der Waals surface area contributed by atoms with Gasteiger partial charge in [-0.3, -0.25) is 9.79 Å². The lowest BCUT2D eigenvalue weighted by molar-refractivity contribution is -0.115. The second-order valence-corrected chi connectivity index (χ2v) is 6.03. The van der Waals surface area contributed by atoms with Crippen molar-refractivity contribution in [3.05, 3.63) is 64.7 Å². The smallest absolute Gasteiger partial charge is 0.243 e. The van der Waals surface area contributed by atoms with Crippen LogP contribution in [0.2, 0.25) is 5.02 Å². The molecule has 27 heavy (non-hydrogen) atoms. The van der Waals surface area contributed by atoms with Crippen molar-refractivity contribution < 1.29 is 4.79 Å². The lowest BCUT2D eigenvalue weighted by Crippen LogP contribution is -2.42. The predicted molar refractivity (Wildman–Crippen MR) is 123 cm³/mol. The van der Waals surface area contributed by atoms with Gasteiger partial charge in [-0.1, -0.05) is 41.8 Å². The average molecular weight is 497 g/mol. The molecule has 0 aromatic heterocycles. The lowest BCUT2D eigenvalue weighted by Gasteiger charge is -2.22. The molecule has 0 saturated carbocycles. The van der Waals surface area contributed by atoms with Crippen LogP contribution in [0.5, 0.6) is 0 Å². The van der Waals surface area contributed by atoms with Gasteiger partial charge in [0.2, 0.25) is 5.91 Å². The Bertz CT molecular complexity index is 848. The van der Waals surface area contributed by atoms with Crippen LogP contribution in [0.25, 0.3) is 0 Å². The molecule has 0 spiro atoms. The van der Waals surface area contributed by atoms with Gasteiger partial charge in [0, 0.05) is 36.9 Å². The van der Waals surface area contributed by atoms with Gasteiger partial charge in [0.25, 0.3) is 0 Å². The zero-order valence-corrected chi connectivity index (χ0v) is 18.3. The van der Waals surface area contributed by atoms with Crippen molar-refractivity contribution in [2.75, 3.05) is 26.0 Å². The monoisotopic (exact) mass is 496 g/mol. The Labute approximate surface area is 182 Å². The maximum atomic E-state index is 12.1. The third kappa shape index (κ3) is 7.12. The Balaban J connectivity index is 0.00000364. The number of aliphatic imine (C=N–C) groups is 1. The Hall–Kier alpha value is -2.24. The maximum absolute atomic E-state index is 12.1. The highest BCUT2D eigenvalue weighted by Crippen LogP contribution is 2.16. The quantitative estimate of drug-likeness (QED) is 0.288. The van der Waals surface area contributed by atoms with Gasteiger partial charge in [0.15, 0.2) is 5.96 Å². The number of amides is 1. The number of rotatable bonds is 5. The normalized spacial score (nSPS) is 10.4. The Morgan fingerprint density at radius 1 is 1.26 bits per heavy atom. The van der Waals surface area contributed by atoms with Crippen LogP contribution >= 0.6 is 35.6 Å². The molecule has 0 radical (unpaired) electrons. The second-order valence-electron chi connectivity index (χ2n) is 5.62. The summed E-state index contributed by atoms with van der Waals surface area (Å²) in [6.45, 7) is 0.658. The van der Waals surface area contributed by atoms with E-state index in [-0.39, 0.29) is 36.4 Å². The molecule has 2 aromatic carbocycles. The zero-order chi connectivity index (χ0) is 18.9. The van der Waals surface area contributed by atoms with Crippen LogP contribution in [0.3, 0.4) is 0 Å². The maximum Gasteiger partial charge on any atom is 0.243 e. The fourth-order valence-electron chi connectivity index (χ4n) is 2.39. The molecule has 0 unspecified atom stereocenters. The van der Waals surface area contributed by atoms with Gasteiger partial charge in [-0.05, 0) is 29.8 Å². The van der Waals surface area contributed by atoms with E-state index in [0.29, 0.717) is 28.8 Å². The van der Waals surface area contributed by atoms with Gasteiger partial charge >= 0.3 is 0 Å². The standard InChI is InChI=1S/C20H21ClN4O.HI/c1-4-15-8-7-10-17(12-15)24-19(26)13-23-20(22-2)25(3)14-16-9-5-6-11-18(16)21;/h1,5-12H,13-14H2,2-3H3,(H,22,23)(H,24,26);1H. The molecule has 1 amide bonds. The summed E-state index contributed by atoms with van der Waals surface area (Å²) >= 11 is 6.19. The van der Waals surface area contributed by atoms with Crippen molar-refractivity contribution in [1.29, 1.82) is 0 Å². The van der Waals surface area contributed by atoms with Gasteiger partial charge < -0.3 is 15.5 Å². The molecular formula is C20H22ClIN4O. The molecule has 0 heterocycles. The molecule has 0 saturated heterocycles. The van der Waals surface area contributed by atoms with Gasteiger partial charge in [0.1, 0.15) is 0 Å². The van der Waals surface area contributed by atoms with E-state index in [1.165, 1.54) is 0 Å². The SMILES string of the molecule is C#Cc1cccc(NC(=O)CNC(=NC)N(C)Cc2ccccc2Cl)c1.I. The second kappa shape index (κ2) is 11.5. The number of hydrogen-bond donors (Lipinski definition) is 2. The van der Waals surface area contributed by atoms with Gasteiger partial charge in [0.05, 0.1) is 6.54 Å². The summed E-state index contributed by atoms with van der Waals surface area (Å²) in [5.74, 6) is 2.95. The minimum Gasteiger partial charge on any atom is -0.347 e. The number of terminal acetylenes is 1. The first-order valence-corrected chi connectivity index (χ1v) is 8.43. The number of carbonyl (C=O) groups is 1. The molecule has 0 atom stereocenters. The summed E-state index contributed by atoms with van der Waals surface area (Å²) in [5, 5.41) is 6.54. The van der Waals surface area contributed by atoms with Gasteiger partial charge in [-0.2, -0.15) is 0 Å². The van der Waals surface area contributed by atoms with Crippen molar-refractivity contribution in [1.82, 2.24) is 10.2 Å². The van der Waals surface area contributed by atoms with Crippen LogP contribution in [0.1, 0.15) is 11.1 Å². The van der Waals surface area contributed by atoms with Gasteiger partial charge in [-0.15, -0.1) is 30.4 Å². The van der Waals surface area contributed by atoms with Crippen molar-refractivity contribution in [2.24, 2.45) is 4.99 Å². The van der Waals surface area contributed by atoms with Gasteiger partial charge in [-0.25, -0.2) is 0 Å². The Morgan fingerprint density at radius 2 is 2.00 bits per heavy atom. The van der Waals surface area contributed by atoms with E-state index in [1.807, 2.05) is 36.2 Å². The molecule has 0 aliphatic carbocycles. The first-order chi connectivity index (χ1) is 12.5. The molecule has 142 valence electrons. The van der Waals surface area contributed by atoms with E-state index in [9.17, 15) is 4.79 Å². The first-order valence-electron chi connectivity index (χ1n) is 8.05. The Morgan fingerprint density at radius 3 is 2.67 bits per heavy atom. The van der Waals surface area contributed by atoms with E-state index in [4.69, 9.17) is 18.0 Å². The zero-order valence-electron chi connectivity index (χ0n) is 15.2. The van der Waals surface area contributed by atoms with Crippen LogP contribution < -0.4 is 10.6 Å². The topological polar surface area (TPSA) is 56.7 Å². The number of benzene rings is 2. The summed E-state index contributed by atoms with van der Waals surface area (Å²) in [7, 11) is 3.55. The largest absolute Gasteiger partial charge is 0.347 e. The van der Waals surface area contributed by atoms with E-state index in [1.54, 1.807) is 31.3 Å². The van der Waals surface area contributed by atoms with Crippen LogP contribution in [0, 0.1) is 12.3 Å².